The van der Waals surface area contributed by atoms with Crippen LogP contribution in [0.1, 0.15) is 42.4 Å². The van der Waals surface area contributed by atoms with E-state index in [9.17, 15) is 18.0 Å². The van der Waals surface area contributed by atoms with Crippen molar-refractivity contribution in [1.29, 1.82) is 0 Å². The van der Waals surface area contributed by atoms with Gasteiger partial charge in [0.2, 0.25) is 0 Å². The van der Waals surface area contributed by atoms with Crippen molar-refractivity contribution in [3.8, 4) is 5.75 Å². The number of fused-ring (bicyclic) bond motifs is 1. The van der Waals surface area contributed by atoms with E-state index >= 15 is 0 Å². The van der Waals surface area contributed by atoms with Crippen molar-refractivity contribution >= 4 is 17.2 Å². The van der Waals surface area contributed by atoms with Crippen LogP contribution in [-0.2, 0) is 5.41 Å². The van der Waals surface area contributed by atoms with E-state index in [1.807, 2.05) is 20.8 Å². The summed E-state index contributed by atoms with van der Waals surface area (Å²) < 4.78 is 42.1. The van der Waals surface area contributed by atoms with E-state index in [0.717, 1.165) is 18.2 Å². The number of aromatic nitrogens is 1. The Bertz CT molecular complexity index is 750. The zero-order valence-electron chi connectivity index (χ0n) is 14.9. The summed E-state index contributed by atoms with van der Waals surface area (Å²) in [6, 6.07) is 4.71. The molecule has 0 atom stereocenters. The third-order valence-corrected chi connectivity index (χ3v) is 3.44. The molecule has 0 aliphatic carbocycles. The van der Waals surface area contributed by atoms with Gasteiger partial charge in [0, 0.05) is 12.5 Å². The molecule has 4 nitrogen and oxygen atoms in total. The molecule has 0 radical (unpaired) electrons. The summed E-state index contributed by atoms with van der Waals surface area (Å²) >= 11 is 0. The fraction of sp³-hybridized carbons (Fsp3) is 0.444. The smallest absolute Gasteiger partial charge is 0.422 e. The second-order valence-corrected chi connectivity index (χ2v) is 6.50. The van der Waals surface area contributed by atoms with E-state index in [4.69, 9.17) is 9.84 Å². The Kier molecular flexibility index (Phi) is 6.54. The SMILES string of the molecule is CO.Cc1cc(C=O)nc2c(C(C)(C)C)cc(OCC(F)(F)F)cc12. The van der Waals surface area contributed by atoms with E-state index in [2.05, 4.69) is 4.98 Å². The number of carbonyl (C=O) groups is 1. The van der Waals surface area contributed by atoms with Crippen LogP contribution in [0, 0.1) is 6.92 Å². The standard InChI is InChI=1S/C17H18F3NO2.CH4O/c1-10-5-11(8-22)21-15-13(10)6-12(23-9-17(18,19)20)7-14(15)16(2,3)4;1-2/h5-8H,9H2,1-4H3;2H,1H3. The highest BCUT2D eigenvalue weighted by Gasteiger charge is 2.29. The maximum atomic E-state index is 12.4. The van der Waals surface area contributed by atoms with Crippen LogP contribution < -0.4 is 4.74 Å². The minimum atomic E-state index is -4.40. The number of nitrogens with zero attached hydrogens (tertiary/aromatic N) is 1. The van der Waals surface area contributed by atoms with Gasteiger partial charge in [0.1, 0.15) is 11.4 Å². The minimum Gasteiger partial charge on any atom is -0.484 e. The first kappa shape index (κ1) is 20.9. The number of hydrogen-bond donors (Lipinski definition) is 1. The van der Waals surface area contributed by atoms with Crippen molar-refractivity contribution in [1.82, 2.24) is 4.98 Å². The third-order valence-electron chi connectivity index (χ3n) is 3.44. The van der Waals surface area contributed by atoms with Crippen molar-refractivity contribution in [2.45, 2.75) is 39.3 Å². The molecule has 2 aromatic rings. The average molecular weight is 357 g/mol. The van der Waals surface area contributed by atoms with Gasteiger partial charge in [0.25, 0.3) is 0 Å². The Morgan fingerprint density at radius 2 is 1.76 bits per heavy atom. The van der Waals surface area contributed by atoms with E-state index < -0.39 is 12.8 Å². The van der Waals surface area contributed by atoms with Crippen molar-refractivity contribution in [2.75, 3.05) is 13.7 Å². The predicted octanol–water partition coefficient (Wildman–Crippen LogP) is 4.20. The Labute approximate surface area is 144 Å². The Balaban J connectivity index is 0.00000151. The molecule has 0 fully saturated rings. The molecule has 1 heterocycles. The molecule has 0 saturated heterocycles. The lowest BCUT2D eigenvalue weighted by Crippen LogP contribution is -2.20. The summed E-state index contributed by atoms with van der Waals surface area (Å²) in [5, 5.41) is 7.68. The van der Waals surface area contributed by atoms with Gasteiger partial charge in [-0.15, -0.1) is 0 Å². The molecule has 0 aliphatic heterocycles. The van der Waals surface area contributed by atoms with Gasteiger partial charge >= 0.3 is 6.18 Å². The van der Waals surface area contributed by atoms with Crippen molar-refractivity contribution in [3.05, 3.63) is 35.0 Å². The van der Waals surface area contributed by atoms with Gasteiger partial charge in [-0.1, -0.05) is 20.8 Å². The number of aliphatic hydroxyl groups excluding tert-OH is 1. The van der Waals surface area contributed by atoms with Crippen LogP contribution in [0.5, 0.6) is 5.75 Å². The fourth-order valence-electron chi connectivity index (χ4n) is 2.37. The Morgan fingerprint density at radius 3 is 2.24 bits per heavy atom. The molecule has 0 amide bonds. The number of aliphatic hydroxyl groups is 1. The number of aryl methyl sites for hydroxylation is 1. The fourth-order valence-corrected chi connectivity index (χ4v) is 2.37. The van der Waals surface area contributed by atoms with Gasteiger partial charge in [-0.25, -0.2) is 4.98 Å². The van der Waals surface area contributed by atoms with Gasteiger partial charge in [-0.3, -0.25) is 4.79 Å². The highest BCUT2D eigenvalue weighted by Crippen LogP contribution is 2.35. The Morgan fingerprint density at radius 1 is 1.16 bits per heavy atom. The van der Waals surface area contributed by atoms with Gasteiger partial charge in [0.05, 0.1) is 5.52 Å². The van der Waals surface area contributed by atoms with E-state index in [0.29, 0.717) is 22.9 Å². The first-order valence-corrected chi connectivity index (χ1v) is 7.56. The monoisotopic (exact) mass is 357 g/mol. The first-order chi connectivity index (χ1) is 11.5. The zero-order chi connectivity index (χ0) is 19.4. The summed E-state index contributed by atoms with van der Waals surface area (Å²) in [4.78, 5) is 15.4. The second-order valence-electron chi connectivity index (χ2n) is 6.50. The highest BCUT2D eigenvalue weighted by molar-refractivity contribution is 5.90. The van der Waals surface area contributed by atoms with Gasteiger partial charge in [-0.05, 0) is 41.7 Å². The van der Waals surface area contributed by atoms with E-state index in [1.165, 1.54) is 6.07 Å². The Hall–Kier alpha value is -2.15. The van der Waals surface area contributed by atoms with Crippen LogP contribution in [-0.4, -0.2) is 36.3 Å². The molecular weight excluding hydrogens is 335 g/mol. The molecule has 7 heteroatoms. The van der Waals surface area contributed by atoms with Gasteiger partial charge < -0.3 is 9.84 Å². The van der Waals surface area contributed by atoms with Gasteiger partial charge in [-0.2, -0.15) is 13.2 Å². The van der Waals surface area contributed by atoms with Crippen LogP contribution in [0.4, 0.5) is 13.2 Å². The second kappa shape index (κ2) is 7.82. The van der Waals surface area contributed by atoms with Crippen LogP contribution in [0.25, 0.3) is 10.9 Å². The quantitative estimate of drug-likeness (QED) is 0.837. The topological polar surface area (TPSA) is 59.4 Å². The zero-order valence-corrected chi connectivity index (χ0v) is 14.9. The van der Waals surface area contributed by atoms with Gasteiger partial charge in [0.15, 0.2) is 12.9 Å². The maximum absolute atomic E-state index is 12.4. The number of carbonyl (C=O) groups excluding carboxylic acids is 1. The molecule has 138 valence electrons. The van der Waals surface area contributed by atoms with Crippen LogP contribution in [0.15, 0.2) is 18.2 Å². The number of ether oxygens (including phenoxy) is 1. The van der Waals surface area contributed by atoms with E-state index in [1.54, 1.807) is 19.1 Å². The molecule has 1 N–H and O–H groups in total. The molecule has 1 aromatic heterocycles. The van der Waals surface area contributed by atoms with Crippen LogP contribution in [0.2, 0.25) is 0 Å². The molecule has 0 unspecified atom stereocenters. The average Bonchev–Trinajstić information content (AvgIpc) is 2.52. The molecule has 0 spiro atoms. The van der Waals surface area contributed by atoms with Crippen molar-refractivity contribution in [3.63, 3.8) is 0 Å². The molecular formula is C18H22F3NO3. The molecule has 0 bridgehead atoms. The lowest BCUT2D eigenvalue weighted by Gasteiger charge is -2.23. The van der Waals surface area contributed by atoms with Crippen LogP contribution in [0.3, 0.4) is 0 Å². The third kappa shape index (κ3) is 5.42. The minimum absolute atomic E-state index is 0.142. The normalized spacial score (nSPS) is 11.7. The largest absolute Gasteiger partial charge is 0.484 e. The lowest BCUT2D eigenvalue weighted by atomic mass is 9.84. The summed E-state index contributed by atoms with van der Waals surface area (Å²) in [7, 11) is 1.00. The van der Waals surface area contributed by atoms with E-state index in [-0.39, 0.29) is 11.2 Å². The number of halogens is 3. The number of pyridine rings is 1. The number of aldehydes is 1. The van der Waals surface area contributed by atoms with Crippen LogP contribution >= 0.6 is 0 Å². The maximum Gasteiger partial charge on any atom is 0.422 e. The summed E-state index contributed by atoms with van der Waals surface area (Å²) in [5.74, 6) is 0.142. The molecule has 0 aliphatic rings. The summed E-state index contributed by atoms with van der Waals surface area (Å²) in [6.07, 6.45) is -3.74. The number of benzene rings is 1. The number of hydrogen-bond acceptors (Lipinski definition) is 4. The summed E-state index contributed by atoms with van der Waals surface area (Å²) in [6.45, 7) is 6.23. The molecule has 2 rings (SSSR count). The summed E-state index contributed by atoms with van der Waals surface area (Å²) in [5.41, 5.74) is 2.04. The van der Waals surface area contributed by atoms with Crippen molar-refractivity contribution < 1.29 is 27.8 Å². The molecule has 0 saturated carbocycles. The predicted molar refractivity (Wildman–Crippen MR) is 90.3 cm³/mol. The lowest BCUT2D eigenvalue weighted by molar-refractivity contribution is -0.153. The van der Waals surface area contributed by atoms with Crippen molar-refractivity contribution in [2.24, 2.45) is 0 Å². The molecule has 1 aromatic carbocycles. The number of alkyl halides is 3. The first-order valence-electron chi connectivity index (χ1n) is 7.56. The number of rotatable bonds is 3. The molecule has 25 heavy (non-hydrogen) atoms. The highest BCUT2D eigenvalue weighted by atomic mass is 19.4.